The molecule has 0 saturated carbocycles. The van der Waals surface area contributed by atoms with E-state index in [1.807, 2.05) is 0 Å². The van der Waals surface area contributed by atoms with Crippen molar-refractivity contribution in [3.05, 3.63) is 0 Å². The molecule has 0 amide bonds. The molecule has 0 aromatic rings. The second-order valence-corrected chi connectivity index (χ2v) is 9.03. The van der Waals surface area contributed by atoms with Gasteiger partial charge < -0.3 is 4.74 Å². The lowest BCUT2D eigenvalue weighted by Crippen LogP contribution is -2.32. The fraction of sp³-hybridized carbons (Fsp3) is 0.950. The van der Waals surface area contributed by atoms with Gasteiger partial charge in [-0.25, -0.2) is 0 Å². The average Bonchev–Trinajstić information content (AvgIpc) is 3.18. The fourth-order valence-electron chi connectivity index (χ4n) is 3.63. The summed E-state index contributed by atoms with van der Waals surface area (Å²) in [7, 11) is -2.04. The van der Waals surface area contributed by atoms with Crippen LogP contribution in [0.25, 0.3) is 0 Å². The predicted octanol–water partition coefficient (Wildman–Crippen LogP) is 5.55. The van der Waals surface area contributed by atoms with Gasteiger partial charge in [0.15, 0.2) is 0 Å². The maximum atomic E-state index is 10.6. The molecule has 1 aliphatic rings. The fourth-order valence-corrected chi connectivity index (χ4v) is 3.96. The lowest BCUT2D eigenvalue weighted by atomic mass is 9.73. The first-order chi connectivity index (χ1) is 11.3. The number of rotatable bonds is 14. The van der Waals surface area contributed by atoms with E-state index >= 15 is 0 Å². The summed E-state index contributed by atoms with van der Waals surface area (Å²) < 4.78 is 27.1. The van der Waals surface area contributed by atoms with Gasteiger partial charge in [-0.3, -0.25) is 0 Å². The van der Waals surface area contributed by atoms with E-state index in [4.69, 9.17) is 4.74 Å². The third-order valence-corrected chi connectivity index (χ3v) is 6.38. The molecule has 0 bridgehead atoms. The van der Waals surface area contributed by atoms with E-state index in [0.29, 0.717) is 6.42 Å². The SMILES string of the molecule is CCCCCCCCCCCC(C)(C)C1(C)OC1CCC=S(=O)=O. The molecule has 1 rings (SSSR count). The summed E-state index contributed by atoms with van der Waals surface area (Å²) in [6.07, 6.45) is 15.0. The number of hydrogen-bond acceptors (Lipinski definition) is 3. The molecule has 1 heterocycles. The van der Waals surface area contributed by atoms with E-state index in [1.54, 1.807) is 0 Å². The second kappa shape index (κ2) is 10.6. The van der Waals surface area contributed by atoms with Crippen LogP contribution < -0.4 is 0 Å². The zero-order chi connectivity index (χ0) is 18.1. The molecule has 3 nitrogen and oxygen atoms in total. The van der Waals surface area contributed by atoms with Crippen molar-refractivity contribution in [3.63, 3.8) is 0 Å². The lowest BCUT2D eigenvalue weighted by Gasteiger charge is -2.30. The molecule has 1 saturated heterocycles. The number of ether oxygens (including phenoxy) is 1. The molecule has 0 aromatic heterocycles. The third kappa shape index (κ3) is 7.26. The number of epoxide rings is 1. The molecular weight excluding hydrogens is 320 g/mol. The molecule has 1 fully saturated rings. The highest BCUT2D eigenvalue weighted by atomic mass is 32.2. The minimum Gasteiger partial charge on any atom is -0.366 e. The third-order valence-electron chi connectivity index (χ3n) is 5.88. The minimum absolute atomic E-state index is 0.0780. The Kier molecular flexibility index (Phi) is 9.58. The number of unbranched alkanes of at least 4 members (excludes halogenated alkanes) is 8. The summed E-state index contributed by atoms with van der Waals surface area (Å²) >= 11 is 0. The van der Waals surface area contributed by atoms with Crippen molar-refractivity contribution in [1.29, 1.82) is 0 Å². The molecule has 142 valence electrons. The smallest absolute Gasteiger partial charge is 0.209 e. The maximum Gasteiger partial charge on any atom is 0.209 e. The van der Waals surface area contributed by atoms with E-state index in [9.17, 15) is 8.42 Å². The molecule has 24 heavy (non-hydrogen) atoms. The summed E-state index contributed by atoms with van der Waals surface area (Å²) in [5, 5.41) is 1.34. The second-order valence-electron chi connectivity index (χ2n) is 8.18. The van der Waals surface area contributed by atoms with Gasteiger partial charge in [0, 0.05) is 5.37 Å². The average molecular weight is 359 g/mol. The largest absolute Gasteiger partial charge is 0.366 e. The molecule has 0 N–H and O–H groups in total. The van der Waals surface area contributed by atoms with Gasteiger partial charge in [0.2, 0.25) is 10.3 Å². The summed E-state index contributed by atoms with van der Waals surface area (Å²) in [5.41, 5.74) is 0.0841. The summed E-state index contributed by atoms with van der Waals surface area (Å²) in [4.78, 5) is 0. The van der Waals surface area contributed by atoms with Gasteiger partial charge in [0.25, 0.3) is 0 Å². The van der Waals surface area contributed by atoms with Crippen molar-refractivity contribution >= 4 is 15.7 Å². The van der Waals surface area contributed by atoms with Crippen LogP contribution in [0.2, 0.25) is 0 Å². The van der Waals surface area contributed by atoms with Gasteiger partial charge in [0.1, 0.15) is 0 Å². The monoisotopic (exact) mass is 358 g/mol. The first-order valence-corrected chi connectivity index (χ1v) is 11.1. The summed E-state index contributed by atoms with van der Waals surface area (Å²) in [5.74, 6) is 0. The summed E-state index contributed by atoms with van der Waals surface area (Å²) in [6, 6.07) is 0. The van der Waals surface area contributed by atoms with Crippen LogP contribution in [-0.2, 0) is 15.0 Å². The van der Waals surface area contributed by atoms with E-state index in [1.165, 1.54) is 69.6 Å². The van der Waals surface area contributed by atoms with Crippen molar-refractivity contribution in [2.75, 3.05) is 0 Å². The Morgan fingerprint density at radius 1 is 1.00 bits per heavy atom. The zero-order valence-corrected chi connectivity index (χ0v) is 17.1. The Morgan fingerprint density at radius 3 is 2.08 bits per heavy atom. The first kappa shape index (κ1) is 21.7. The van der Waals surface area contributed by atoms with E-state index in [2.05, 4.69) is 27.7 Å². The highest BCUT2D eigenvalue weighted by molar-refractivity contribution is 7.71. The molecule has 0 aromatic carbocycles. The standard InChI is InChI=1S/C20H38O3S/c1-5-6-7-8-9-10-11-12-13-16-19(2,3)20(4)18(23-20)15-14-17-24(21)22/h17-18H,5-16H2,1-4H3. The molecule has 2 unspecified atom stereocenters. The highest BCUT2D eigenvalue weighted by Gasteiger charge is 2.60. The van der Waals surface area contributed by atoms with Gasteiger partial charge in [-0.1, -0.05) is 78.6 Å². The Bertz CT molecular complexity index is 473. The molecule has 2 atom stereocenters. The van der Waals surface area contributed by atoms with Crippen LogP contribution in [0.1, 0.15) is 105 Å². The van der Waals surface area contributed by atoms with Crippen LogP contribution >= 0.6 is 0 Å². The van der Waals surface area contributed by atoms with Gasteiger partial charge >= 0.3 is 0 Å². The normalized spacial score (nSPS) is 23.2. The topological polar surface area (TPSA) is 46.7 Å². The van der Waals surface area contributed by atoms with E-state index in [0.717, 1.165) is 6.42 Å². The quantitative estimate of drug-likeness (QED) is 0.232. The van der Waals surface area contributed by atoms with Crippen LogP contribution in [0.15, 0.2) is 0 Å². The van der Waals surface area contributed by atoms with Crippen molar-refractivity contribution in [2.24, 2.45) is 5.41 Å². The van der Waals surface area contributed by atoms with Crippen LogP contribution in [-0.4, -0.2) is 25.5 Å². The van der Waals surface area contributed by atoms with Crippen LogP contribution in [0.3, 0.4) is 0 Å². The Hall–Kier alpha value is -0.350. The molecular formula is C20H38O3S. The van der Waals surface area contributed by atoms with Crippen molar-refractivity contribution < 1.29 is 13.2 Å². The van der Waals surface area contributed by atoms with Gasteiger partial charge in [0.05, 0.1) is 11.7 Å². The van der Waals surface area contributed by atoms with Crippen LogP contribution in [0, 0.1) is 5.41 Å². The van der Waals surface area contributed by atoms with Crippen LogP contribution in [0.5, 0.6) is 0 Å². The summed E-state index contributed by atoms with van der Waals surface area (Å²) in [6.45, 7) is 9.05. The molecule has 1 aliphatic heterocycles. The van der Waals surface area contributed by atoms with Crippen molar-refractivity contribution in [1.82, 2.24) is 0 Å². The molecule has 0 spiro atoms. The maximum absolute atomic E-state index is 10.6. The van der Waals surface area contributed by atoms with Crippen molar-refractivity contribution in [3.8, 4) is 0 Å². The first-order valence-electron chi connectivity index (χ1n) is 9.92. The van der Waals surface area contributed by atoms with Gasteiger partial charge in [-0.15, -0.1) is 0 Å². The molecule has 0 aliphatic carbocycles. The van der Waals surface area contributed by atoms with E-state index < -0.39 is 10.3 Å². The Balaban J connectivity index is 2.14. The lowest BCUT2D eigenvalue weighted by molar-refractivity contribution is 0.138. The minimum atomic E-state index is -2.04. The molecule has 0 radical (unpaired) electrons. The highest BCUT2D eigenvalue weighted by Crippen LogP contribution is 2.53. The Labute approximate surface area is 151 Å². The number of hydrogen-bond donors (Lipinski definition) is 0. The van der Waals surface area contributed by atoms with Crippen LogP contribution in [0.4, 0.5) is 0 Å². The predicted molar refractivity (Wildman–Crippen MR) is 103 cm³/mol. The molecule has 4 heteroatoms. The van der Waals surface area contributed by atoms with Gasteiger partial charge in [-0.05, 0) is 31.6 Å². The van der Waals surface area contributed by atoms with Gasteiger partial charge in [-0.2, -0.15) is 8.42 Å². The zero-order valence-electron chi connectivity index (χ0n) is 16.3. The Morgan fingerprint density at radius 2 is 1.54 bits per heavy atom. The van der Waals surface area contributed by atoms with E-state index in [-0.39, 0.29) is 17.1 Å². The van der Waals surface area contributed by atoms with Crippen molar-refractivity contribution in [2.45, 2.75) is 116 Å².